The number of hydrogen-bond acceptors (Lipinski definition) is 3. The highest BCUT2D eigenvalue weighted by molar-refractivity contribution is 5.68. The van der Waals surface area contributed by atoms with E-state index in [0.717, 1.165) is 0 Å². The van der Waals surface area contributed by atoms with Gasteiger partial charge in [-0.25, -0.2) is 4.79 Å². The molecule has 1 atom stereocenters. The summed E-state index contributed by atoms with van der Waals surface area (Å²) < 4.78 is 5.24. The molecule has 112 valence electrons. The van der Waals surface area contributed by atoms with Crippen molar-refractivity contribution in [3.63, 3.8) is 0 Å². The number of ether oxygens (including phenoxy) is 1. The van der Waals surface area contributed by atoms with Gasteiger partial charge in [-0.2, -0.15) is 0 Å². The van der Waals surface area contributed by atoms with Crippen LogP contribution >= 0.6 is 0 Å². The molecule has 0 saturated carbocycles. The summed E-state index contributed by atoms with van der Waals surface area (Å²) >= 11 is 0. The summed E-state index contributed by atoms with van der Waals surface area (Å²) in [6.45, 7) is 10.1. The molecular weight excluding hydrogens is 252 g/mol. The second-order valence-corrected chi connectivity index (χ2v) is 6.20. The van der Waals surface area contributed by atoms with Crippen LogP contribution in [0.25, 0.3) is 0 Å². The van der Waals surface area contributed by atoms with Crippen molar-refractivity contribution in [3.05, 3.63) is 34.9 Å². The first kappa shape index (κ1) is 16.5. The third kappa shape index (κ3) is 5.61. The zero-order valence-corrected chi connectivity index (χ0v) is 13.1. The van der Waals surface area contributed by atoms with Crippen LogP contribution in [0.5, 0.6) is 0 Å². The Hall–Kier alpha value is -1.55. The van der Waals surface area contributed by atoms with Crippen LogP contribution in [0.2, 0.25) is 0 Å². The molecule has 0 aliphatic carbocycles. The van der Waals surface area contributed by atoms with Gasteiger partial charge in [-0.05, 0) is 57.7 Å². The fraction of sp³-hybridized carbons (Fsp3) is 0.562. The van der Waals surface area contributed by atoms with E-state index in [-0.39, 0.29) is 6.04 Å². The minimum Gasteiger partial charge on any atom is -0.444 e. The molecule has 4 nitrogen and oxygen atoms in total. The van der Waals surface area contributed by atoms with Crippen LogP contribution in [0, 0.1) is 13.8 Å². The summed E-state index contributed by atoms with van der Waals surface area (Å²) in [7, 11) is 0. The van der Waals surface area contributed by atoms with Gasteiger partial charge in [0.15, 0.2) is 0 Å². The molecule has 20 heavy (non-hydrogen) atoms. The lowest BCUT2D eigenvalue weighted by Gasteiger charge is -2.23. The number of nitrogens with one attached hydrogen (secondary N) is 1. The predicted molar refractivity (Wildman–Crippen MR) is 81.8 cm³/mol. The maximum atomic E-state index is 11.8. The Kier molecular flexibility index (Phi) is 5.57. The highest BCUT2D eigenvalue weighted by Crippen LogP contribution is 2.12. The molecule has 0 aromatic heterocycles. The van der Waals surface area contributed by atoms with E-state index < -0.39 is 11.7 Å². The Morgan fingerprint density at radius 2 is 1.95 bits per heavy atom. The molecular formula is C16H26N2O2. The summed E-state index contributed by atoms with van der Waals surface area (Å²) in [5.74, 6) is 0. The van der Waals surface area contributed by atoms with Gasteiger partial charge in [-0.1, -0.05) is 18.2 Å². The van der Waals surface area contributed by atoms with Gasteiger partial charge in [0.2, 0.25) is 0 Å². The zero-order valence-electron chi connectivity index (χ0n) is 13.1. The molecule has 0 fully saturated rings. The number of carbonyl (C=O) groups excluding carboxylic acids is 1. The van der Waals surface area contributed by atoms with Crippen molar-refractivity contribution in [3.8, 4) is 0 Å². The van der Waals surface area contributed by atoms with Crippen LogP contribution in [0.1, 0.15) is 37.5 Å². The van der Waals surface area contributed by atoms with Crippen LogP contribution in [-0.4, -0.2) is 24.3 Å². The molecule has 0 aliphatic rings. The van der Waals surface area contributed by atoms with E-state index in [1.54, 1.807) is 0 Å². The SMILES string of the molecule is Cc1ccc(CC(CN)NC(=O)OC(C)(C)C)cc1C. The van der Waals surface area contributed by atoms with Crippen LogP contribution in [0.15, 0.2) is 18.2 Å². The zero-order chi connectivity index (χ0) is 15.3. The Morgan fingerprint density at radius 1 is 1.30 bits per heavy atom. The van der Waals surface area contributed by atoms with Crippen molar-refractivity contribution in [2.75, 3.05) is 6.54 Å². The molecule has 3 N–H and O–H groups in total. The maximum absolute atomic E-state index is 11.8. The molecule has 0 spiro atoms. The van der Waals surface area contributed by atoms with Crippen LogP contribution in [0.4, 0.5) is 4.79 Å². The van der Waals surface area contributed by atoms with Gasteiger partial charge in [0.05, 0.1) is 0 Å². The molecule has 1 rings (SSSR count). The van der Waals surface area contributed by atoms with E-state index in [0.29, 0.717) is 13.0 Å². The number of aryl methyl sites for hydroxylation is 2. The Balaban J connectivity index is 2.63. The normalized spacial score (nSPS) is 12.9. The monoisotopic (exact) mass is 278 g/mol. The van der Waals surface area contributed by atoms with Gasteiger partial charge >= 0.3 is 6.09 Å². The first-order valence-corrected chi connectivity index (χ1v) is 6.97. The number of amides is 1. The summed E-state index contributed by atoms with van der Waals surface area (Å²) in [5.41, 5.74) is 8.91. The molecule has 0 heterocycles. The predicted octanol–water partition coefficient (Wildman–Crippen LogP) is 2.70. The van der Waals surface area contributed by atoms with Crippen molar-refractivity contribution in [2.24, 2.45) is 5.73 Å². The molecule has 0 bridgehead atoms. The van der Waals surface area contributed by atoms with E-state index in [4.69, 9.17) is 10.5 Å². The minimum atomic E-state index is -0.496. The van der Waals surface area contributed by atoms with E-state index in [2.05, 4.69) is 37.4 Å². The second-order valence-electron chi connectivity index (χ2n) is 6.20. The van der Waals surface area contributed by atoms with Crippen LogP contribution < -0.4 is 11.1 Å². The van der Waals surface area contributed by atoms with E-state index >= 15 is 0 Å². The Bertz CT molecular complexity index is 464. The van der Waals surface area contributed by atoms with Gasteiger partial charge in [-0.3, -0.25) is 0 Å². The number of alkyl carbamates (subject to hydrolysis) is 1. The number of carbonyl (C=O) groups is 1. The first-order valence-electron chi connectivity index (χ1n) is 6.97. The second kappa shape index (κ2) is 6.75. The van der Waals surface area contributed by atoms with Gasteiger partial charge in [0, 0.05) is 12.6 Å². The van der Waals surface area contributed by atoms with E-state index in [1.165, 1.54) is 16.7 Å². The van der Waals surface area contributed by atoms with E-state index in [1.807, 2.05) is 20.8 Å². The van der Waals surface area contributed by atoms with Gasteiger partial charge < -0.3 is 15.8 Å². The molecule has 0 saturated heterocycles. The lowest BCUT2D eigenvalue weighted by Crippen LogP contribution is -2.44. The topological polar surface area (TPSA) is 64.3 Å². The molecule has 1 unspecified atom stereocenters. The standard InChI is InChI=1S/C16H26N2O2/c1-11-6-7-13(8-12(11)2)9-14(10-17)18-15(19)20-16(3,4)5/h6-8,14H,9-10,17H2,1-5H3,(H,18,19). The summed E-state index contributed by atoms with van der Waals surface area (Å²) in [6.07, 6.45) is 0.286. The molecule has 0 radical (unpaired) electrons. The molecule has 0 aliphatic heterocycles. The van der Waals surface area contributed by atoms with Crippen molar-refractivity contribution >= 4 is 6.09 Å². The van der Waals surface area contributed by atoms with E-state index in [9.17, 15) is 4.79 Å². The quantitative estimate of drug-likeness (QED) is 0.890. The molecule has 1 aromatic rings. The average Bonchev–Trinajstić information content (AvgIpc) is 2.30. The number of benzene rings is 1. The number of rotatable bonds is 4. The third-order valence-electron chi connectivity index (χ3n) is 3.06. The lowest BCUT2D eigenvalue weighted by molar-refractivity contribution is 0.0506. The van der Waals surface area contributed by atoms with Crippen LogP contribution in [-0.2, 0) is 11.2 Å². The third-order valence-corrected chi connectivity index (χ3v) is 3.06. The lowest BCUT2D eigenvalue weighted by atomic mass is 10.0. The Morgan fingerprint density at radius 3 is 2.45 bits per heavy atom. The van der Waals surface area contributed by atoms with Crippen molar-refractivity contribution in [1.82, 2.24) is 5.32 Å². The van der Waals surface area contributed by atoms with Gasteiger partial charge in [-0.15, -0.1) is 0 Å². The van der Waals surface area contributed by atoms with Crippen molar-refractivity contribution in [2.45, 2.75) is 52.7 Å². The fourth-order valence-corrected chi connectivity index (χ4v) is 1.88. The van der Waals surface area contributed by atoms with Gasteiger partial charge in [0.1, 0.15) is 5.60 Å². The highest BCUT2D eigenvalue weighted by Gasteiger charge is 2.19. The minimum absolute atomic E-state index is 0.119. The summed E-state index contributed by atoms with van der Waals surface area (Å²) in [4.78, 5) is 11.8. The number of nitrogens with two attached hydrogens (primary N) is 1. The highest BCUT2D eigenvalue weighted by atomic mass is 16.6. The molecule has 1 aromatic carbocycles. The molecule has 4 heteroatoms. The Labute approximate surface area is 121 Å². The van der Waals surface area contributed by atoms with Crippen molar-refractivity contribution < 1.29 is 9.53 Å². The number of hydrogen-bond donors (Lipinski definition) is 2. The van der Waals surface area contributed by atoms with Gasteiger partial charge in [0.25, 0.3) is 0 Å². The molecule has 1 amide bonds. The smallest absolute Gasteiger partial charge is 0.407 e. The maximum Gasteiger partial charge on any atom is 0.407 e. The summed E-state index contributed by atoms with van der Waals surface area (Å²) in [6, 6.07) is 6.18. The van der Waals surface area contributed by atoms with Crippen molar-refractivity contribution in [1.29, 1.82) is 0 Å². The summed E-state index contributed by atoms with van der Waals surface area (Å²) in [5, 5.41) is 2.82. The average molecular weight is 278 g/mol. The first-order chi connectivity index (χ1) is 9.21. The fourth-order valence-electron chi connectivity index (χ4n) is 1.88. The van der Waals surface area contributed by atoms with Crippen LogP contribution in [0.3, 0.4) is 0 Å². The largest absolute Gasteiger partial charge is 0.444 e.